The van der Waals surface area contributed by atoms with Gasteiger partial charge in [0, 0.05) is 12.8 Å². The van der Waals surface area contributed by atoms with Crippen molar-refractivity contribution in [3.8, 4) is 0 Å². The van der Waals surface area contributed by atoms with Crippen LogP contribution in [0.2, 0.25) is 0 Å². The van der Waals surface area contributed by atoms with E-state index in [1.807, 2.05) is 18.5 Å². The second-order valence-corrected chi connectivity index (χ2v) is 5.35. The first-order chi connectivity index (χ1) is 8.59. The summed E-state index contributed by atoms with van der Waals surface area (Å²) in [6, 6.07) is 8.30. The van der Waals surface area contributed by atoms with Crippen molar-refractivity contribution in [1.82, 2.24) is 14.8 Å². The maximum atomic E-state index is 5.83. The lowest BCUT2D eigenvalue weighted by Gasteiger charge is -2.07. The molecule has 0 amide bonds. The van der Waals surface area contributed by atoms with E-state index in [2.05, 4.69) is 41.4 Å². The Morgan fingerprint density at radius 2 is 2.06 bits per heavy atom. The van der Waals surface area contributed by atoms with Gasteiger partial charge in [-0.25, -0.2) is 0 Å². The highest BCUT2D eigenvalue weighted by Gasteiger charge is 2.12. The van der Waals surface area contributed by atoms with E-state index in [1.165, 1.54) is 11.1 Å². The molecule has 0 saturated carbocycles. The Morgan fingerprint density at radius 1 is 1.33 bits per heavy atom. The Labute approximate surface area is 112 Å². The van der Waals surface area contributed by atoms with Gasteiger partial charge in [-0.05, 0) is 25.0 Å². The van der Waals surface area contributed by atoms with Gasteiger partial charge in [0.05, 0.1) is 6.04 Å². The summed E-state index contributed by atoms with van der Waals surface area (Å²) in [7, 11) is 1.96. The van der Waals surface area contributed by atoms with Gasteiger partial charge in [0.25, 0.3) is 0 Å². The molecule has 0 aliphatic carbocycles. The first-order valence-electron chi connectivity index (χ1n) is 5.91. The third kappa shape index (κ3) is 2.73. The molecule has 0 spiro atoms. The van der Waals surface area contributed by atoms with Crippen molar-refractivity contribution in [2.45, 2.75) is 30.8 Å². The number of nitrogens with two attached hydrogens (primary N) is 1. The van der Waals surface area contributed by atoms with Gasteiger partial charge in [-0.2, -0.15) is 0 Å². The SMILES string of the molecule is Cc1ccccc1CSc1nnc(C(C)N)n1C. The fraction of sp³-hybridized carbons (Fsp3) is 0.385. The summed E-state index contributed by atoms with van der Waals surface area (Å²) in [6.45, 7) is 4.04. The van der Waals surface area contributed by atoms with E-state index in [-0.39, 0.29) is 6.04 Å². The van der Waals surface area contributed by atoms with E-state index >= 15 is 0 Å². The van der Waals surface area contributed by atoms with Crippen LogP contribution in [-0.4, -0.2) is 14.8 Å². The molecule has 4 nitrogen and oxygen atoms in total. The van der Waals surface area contributed by atoms with Crippen LogP contribution in [0, 0.1) is 6.92 Å². The van der Waals surface area contributed by atoms with Gasteiger partial charge in [0.15, 0.2) is 5.16 Å². The average molecular weight is 262 g/mol. The quantitative estimate of drug-likeness (QED) is 0.860. The summed E-state index contributed by atoms with van der Waals surface area (Å²) < 4.78 is 1.97. The van der Waals surface area contributed by atoms with Crippen LogP contribution in [0.15, 0.2) is 29.4 Å². The zero-order chi connectivity index (χ0) is 13.1. The van der Waals surface area contributed by atoms with Crippen LogP contribution in [0.3, 0.4) is 0 Å². The molecule has 18 heavy (non-hydrogen) atoms. The standard InChI is InChI=1S/C13H18N4S/c1-9-6-4-5-7-11(9)8-18-13-16-15-12(10(2)14)17(13)3/h4-7,10H,8,14H2,1-3H3. The molecule has 0 bridgehead atoms. The van der Waals surface area contributed by atoms with E-state index in [1.54, 1.807) is 11.8 Å². The maximum absolute atomic E-state index is 5.83. The van der Waals surface area contributed by atoms with E-state index in [0.717, 1.165) is 16.7 Å². The van der Waals surface area contributed by atoms with Crippen LogP contribution in [0.5, 0.6) is 0 Å². The van der Waals surface area contributed by atoms with Gasteiger partial charge >= 0.3 is 0 Å². The van der Waals surface area contributed by atoms with Crippen molar-refractivity contribution in [2.24, 2.45) is 12.8 Å². The van der Waals surface area contributed by atoms with Gasteiger partial charge in [-0.3, -0.25) is 0 Å². The Hall–Kier alpha value is -1.33. The molecule has 0 aliphatic heterocycles. The number of benzene rings is 1. The highest BCUT2D eigenvalue weighted by Crippen LogP contribution is 2.23. The summed E-state index contributed by atoms with van der Waals surface area (Å²) in [5.74, 6) is 1.72. The number of rotatable bonds is 4. The van der Waals surface area contributed by atoms with E-state index in [9.17, 15) is 0 Å². The predicted octanol–water partition coefficient (Wildman–Crippen LogP) is 2.44. The Balaban J connectivity index is 2.09. The first kappa shape index (κ1) is 13.1. The van der Waals surface area contributed by atoms with E-state index < -0.39 is 0 Å². The molecule has 2 aromatic rings. The number of hydrogen-bond donors (Lipinski definition) is 1. The third-order valence-corrected chi connectivity index (χ3v) is 3.96. The van der Waals surface area contributed by atoms with Crippen LogP contribution in [0.1, 0.15) is 29.9 Å². The molecular weight excluding hydrogens is 244 g/mol. The predicted molar refractivity (Wildman–Crippen MR) is 74.3 cm³/mol. The van der Waals surface area contributed by atoms with Gasteiger partial charge in [0.1, 0.15) is 5.82 Å². The number of hydrogen-bond acceptors (Lipinski definition) is 4. The minimum Gasteiger partial charge on any atom is -0.322 e. The Bertz CT molecular complexity index is 534. The second-order valence-electron chi connectivity index (χ2n) is 4.40. The molecule has 0 fully saturated rings. The summed E-state index contributed by atoms with van der Waals surface area (Å²) in [4.78, 5) is 0. The van der Waals surface area contributed by atoms with E-state index in [0.29, 0.717) is 0 Å². The van der Waals surface area contributed by atoms with Crippen molar-refractivity contribution < 1.29 is 0 Å². The molecule has 1 aromatic heterocycles. The number of aromatic nitrogens is 3. The molecule has 1 aromatic carbocycles. The zero-order valence-electron chi connectivity index (χ0n) is 10.9. The fourth-order valence-corrected chi connectivity index (χ4v) is 2.76. The van der Waals surface area contributed by atoms with Crippen LogP contribution < -0.4 is 5.73 Å². The molecule has 5 heteroatoms. The highest BCUT2D eigenvalue weighted by atomic mass is 32.2. The van der Waals surface area contributed by atoms with Crippen molar-refractivity contribution >= 4 is 11.8 Å². The van der Waals surface area contributed by atoms with Gasteiger partial charge in [0.2, 0.25) is 0 Å². The molecule has 96 valence electrons. The third-order valence-electron chi connectivity index (χ3n) is 2.89. The molecule has 0 aliphatic rings. The van der Waals surface area contributed by atoms with Crippen molar-refractivity contribution in [2.75, 3.05) is 0 Å². The highest BCUT2D eigenvalue weighted by molar-refractivity contribution is 7.98. The van der Waals surface area contributed by atoms with E-state index in [4.69, 9.17) is 5.73 Å². The van der Waals surface area contributed by atoms with Gasteiger partial charge < -0.3 is 10.3 Å². The number of nitrogens with zero attached hydrogens (tertiary/aromatic N) is 3. The van der Waals surface area contributed by atoms with Crippen molar-refractivity contribution in [1.29, 1.82) is 0 Å². The first-order valence-corrected chi connectivity index (χ1v) is 6.90. The zero-order valence-corrected chi connectivity index (χ0v) is 11.7. The average Bonchev–Trinajstić information content (AvgIpc) is 2.70. The topological polar surface area (TPSA) is 56.7 Å². The molecule has 0 saturated heterocycles. The Morgan fingerprint density at radius 3 is 2.67 bits per heavy atom. The molecular formula is C13H18N4S. The number of thioether (sulfide) groups is 1. The van der Waals surface area contributed by atoms with Crippen LogP contribution in [0.25, 0.3) is 0 Å². The lowest BCUT2D eigenvalue weighted by atomic mass is 10.1. The Kier molecular flexibility index (Phi) is 4.04. The minimum absolute atomic E-state index is 0.0877. The molecule has 2 rings (SSSR count). The molecule has 1 heterocycles. The summed E-state index contributed by atoms with van der Waals surface area (Å²) in [6.07, 6.45) is 0. The fourth-order valence-electron chi connectivity index (χ4n) is 1.76. The molecule has 1 atom stereocenters. The van der Waals surface area contributed by atoms with Gasteiger partial charge in [-0.1, -0.05) is 36.0 Å². The number of aryl methyl sites for hydroxylation is 1. The largest absolute Gasteiger partial charge is 0.322 e. The second kappa shape index (κ2) is 5.54. The van der Waals surface area contributed by atoms with Crippen LogP contribution in [0.4, 0.5) is 0 Å². The summed E-state index contributed by atoms with van der Waals surface area (Å²) in [5, 5.41) is 9.20. The van der Waals surface area contributed by atoms with Crippen LogP contribution in [-0.2, 0) is 12.8 Å². The summed E-state index contributed by atoms with van der Waals surface area (Å²) in [5.41, 5.74) is 8.46. The molecule has 0 radical (unpaired) electrons. The lowest BCUT2D eigenvalue weighted by molar-refractivity contribution is 0.661. The lowest BCUT2D eigenvalue weighted by Crippen LogP contribution is -2.11. The maximum Gasteiger partial charge on any atom is 0.191 e. The van der Waals surface area contributed by atoms with Crippen molar-refractivity contribution in [3.63, 3.8) is 0 Å². The normalized spacial score (nSPS) is 12.7. The smallest absolute Gasteiger partial charge is 0.191 e. The minimum atomic E-state index is -0.0877. The van der Waals surface area contributed by atoms with Crippen LogP contribution >= 0.6 is 11.8 Å². The molecule has 2 N–H and O–H groups in total. The van der Waals surface area contributed by atoms with Gasteiger partial charge in [-0.15, -0.1) is 10.2 Å². The monoisotopic (exact) mass is 262 g/mol. The van der Waals surface area contributed by atoms with Crippen molar-refractivity contribution in [3.05, 3.63) is 41.2 Å². The molecule has 1 unspecified atom stereocenters. The summed E-state index contributed by atoms with van der Waals surface area (Å²) >= 11 is 1.69.